The van der Waals surface area contributed by atoms with Crippen LogP contribution in [0.5, 0.6) is 0 Å². The van der Waals surface area contributed by atoms with E-state index in [9.17, 15) is 0 Å². The number of hydrogen-bond acceptors (Lipinski definition) is 4. The minimum absolute atomic E-state index is 0.148. The molecular formula is C11H26N4. The average Bonchev–Trinajstić information content (AvgIpc) is 1.96. The molecule has 4 nitrogen and oxygen atoms in total. The van der Waals surface area contributed by atoms with Crippen molar-refractivity contribution in [2.75, 3.05) is 7.05 Å². The summed E-state index contributed by atoms with van der Waals surface area (Å²) in [5.74, 6) is 0. The van der Waals surface area contributed by atoms with Crippen LogP contribution in [0.15, 0.2) is 0 Å². The standard InChI is InChI=1S/C11H26N4/c1-10(2)6-8(15(5)9(12)13)7-11(3,4)14-10/h8-9,14H,6-7,12-13H2,1-5H3. The summed E-state index contributed by atoms with van der Waals surface area (Å²) in [4.78, 5) is 2.07. The number of hydrogen-bond donors (Lipinski definition) is 3. The highest BCUT2D eigenvalue weighted by molar-refractivity contribution is 4.99. The Kier molecular flexibility index (Phi) is 3.45. The first-order chi connectivity index (χ1) is 6.63. The maximum absolute atomic E-state index is 5.73. The second kappa shape index (κ2) is 4.01. The number of nitrogens with zero attached hydrogens (tertiary/aromatic N) is 1. The molecule has 1 saturated heterocycles. The van der Waals surface area contributed by atoms with Crippen LogP contribution in [0.3, 0.4) is 0 Å². The van der Waals surface area contributed by atoms with E-state index >= 15 is 0 Å². The molecule has 1 aliphatic rings. The minimum atomic E-state index is -0.361. The molecule has 0 atom stereocenters. The summed E-state index contributed by atoms with van der Waals surface area (Å²) < 4.78 is 0. The maximum atomic E-state index is 5.73. The topological polar surface area (TPSA) is 67.3 Å². The van der Waals surface area contributed by atoms with E-state index in [0.717, 1.165) is 12.8 Å². The third-order valence-electron chi connectivity index (χ3n) is 3.21. The predicted molar refractivity (Wildman–Crippen MR) is 64.2 cm³/mol. The van der Waals surface area contributed by atoms with Gasteiger partial charge < -0.3 is 16.8 Å². The van der Waals surface area contributed by atoms with Gasteiger partial charge in [-0.2, -0.15) is 0 Å². The summed E-state index contributed by atoms with van der Waals surface area (Å²) in [6.45, 7) is 8.93. The Morgan fingerprint density at radius 1 is 1.13 bits per heavy atom. The van der Waals surface area contributed by atoms with Crippen molar-refractivity contribution < 1.29 is 0 Å². The van der Waals surface area contributed by atoms with Crippen molar-refractivity contribution in [3.63, 3.8) is 0 Å². The highest BCUT2D eigenvalue weighted by Gasteiger charge is 2.39. The lowest BCUT2D eigenvalue weighted by Crippen LogP contribution is -2.64. The molecular weight excluding hydrogens is 188 g/mol. The van der Waals surface area contributed by atoms with Gasteiger partial charge in [-0.3, -0.25) is 4.90 Å². The number of nitrogens with one attached hydrogen (secondary N) is 1. The second-order valence-electron chi connectivity index (χ2n) is 6.11. The molecule has 0 spiro atoms. The zero-order chi connectivity index (χ0) is 11.9. The molecule has 0 aliphatic carbocycles. The summed E-state index contributed by atoms with van der Waals surface area (Å²) in [6, 6.07) is 0.455. The first-order valence-electron chi connectivity index (χ1n) is 5.65. The fraction of sp³-hybridized carbons (Fsp3) is 1.00. The molecule has 0 saturated carbocycles. The Hall–Kier alpha value is -0.160. The van der Waals surface area contributed by atoms with Gasteiger partial charge in [-0.05, 0) is 47.6 Å². The van der Waals surface area contributed by atoms with Crippen LogP contribution in [0, 0.1) is 0 Å². The third-order valence-corrected chi connectivity index (χ3v) is 3.21. The first kappa shape index (κ1) is 12.9. The lowest BCUT2D eigenvalue weighted by Gasteiger charge is -2.49. The fourth-order valence-corrected chi connectivity index (χ4v) is 2.80. The van der Waals surface area contributed by atoms with Crippen molar-refractivity contribution >= 4 is 0 Å². The van der Waals surface area contributed by atoms with E-state index in [1.807, 2.05) is 7.05 Å². The van der Waals surface area contributed by atoms with Crippen molar-refractivity contribution in [1.82, 2.24) is 10.2 Å². The summed E-state index contributed by atoms with van der Waals surface area (Å²) in [5.41, 5.74) is 11.8. The van der Waals surface area contributed by atoms with E-state index < -0.39 is 0 Å². The maximum Gasteiger partial charge on any atom is 0.109 e. The molecule has 0 unspecified atom stereocenters. The molecule has 0 radical (unpaired) electrons. The van der Waals surface area contributed by atoms with Crippen molar-refractivity contribution in [2.45, 2.75) is 63.9 Å². The van der Waals surface area contributed by atoms with Crippen LogP contribution in [0.4, 0.5) is 0 Å². The first-order valence-corrected chi connectivity index (χ1v) is 5.65. The molecule has 4 heteroatoms. The lowest BCUT2D eigenvalue weighted by molar-refractivity contribution is 0.0599. The molecule has 5 N–H and O–H groups in total. The fourth-order valence-electron chi connectivity index (χ4n) is 2.80. The lowest BCUT2D eigenvalue weighted by atomic mass is 9.79. The van der Waals surface area contributed by atoms with Crippen molar-refractivity contribution in [2.24, 2.45) is 11.5 Å². The van der Waals surface area contributed by atoms with Gasteiger partial charge in [0.1, 0.15) is 6.29 Å². The Morgan fingerprint density at radius 2 is 1.53 bits per heavy atom. The molecule has 1 heterocycles. The van der Waals surface area contributed by atoms with E-state index in [0.29, 0.717) is 6.04 Å². The molecule has 1 fully saturated rings. The van der Waals surface area contributed by atoms with Gasteiger partial charge in [0.05, 0.1) is 0 Å². The zero-order valence-corrected chi connectivity index (χ0v) is 10.7. The summed E-state index contributed by atoms with van der Waals surface area (Å²) in [7, 11) is 2.01. The molecule has 0 aromatic carbocycles. The number of rotatable bonds is 2. The third kappa shape index (κ3) is 3.41. The van der Waals surface area contributed by atoms with Crippen molar-refractivity contribution in [3.8, 4) is 0 Å². The van der Waals surface area contributed by atoms with Gasteiger partial charge in [-0.25, -0.2) is 0 Å². The van der Waals surface area contributed by atoms with Crippen LogP contribution in [0.2, 0.25) is 0 Å². The molecule has 0 aromatic rings. The largest absolute Gasteiger partial charge is 0.307 e. The predicted octanol–water partition coefficient (Wildman–Crippen LogP) is 0.428. The SMILES string of the molecule is CN(C(N)N)C1CC(C)(C)NC(C)(C)C1. The van der Waals surface area contributed by atoms with E-state index in [-0.39, 0.29) is 17.4 Å². The zero-order valence-electron chi connectivity index (χ0n) is 10.7. The Bertz CT molecular complexity index is 207. The smallest absolute Gasteiger partial charge is 0.109 e. The number of piperidine rings is 1. The van der Waals surface area contributed by atoms with Crippen LogP contribution in [-0.4, -0.2) is 35.4 Å². The van der Waals surface area contributed by atoms with Gasteiger partial charge in [-0.1, -0.05) is 0 Å². The van der Waals surface area contributed by atoms with E-state index in [4.69, 9.17) is 11.5 Å². The van der Waals surface area contributed by atoms with Crippen LogP contribution in [0.25, 0.3) is 0 Å². The molecule has 1 rings (SSSR count). The Balaban J connectivity index is 2.75. The molecule has 0 amide bonds. The van der Waals surface area contributed by atoms with Crippen molar-refractivity contribution in [1.29, 1.82) is 0 Å². The van der Waals surface area contributed by atoms with Gasteiger partial charge in [0.25, 0.3) is 0 Å². The van der Waals surface area contributed by atoms with E-state index in [2.05, 4.69) is 37.9 Å². The quantitative estimate of drug-likeness (QED) is 0.583. The highest BCUT2D eigenvalue weighted by atomic mass is 15.3. The Morgan fingerprint density at radius 3 is 1.87 bits per heavy atom. The monoisotopic (exact) mass is 214 g/mol. The molecule has 0 bridgehead atoms. The highest BCUT2D eigenvalue weighted by Crippen LogP contribution is 2.30. The second-order valence-corrected chi connectivity index (χ2v) is 6.11. The number of nitrogens with two attached hydrogens (primary N) is 2. The molecule has 1 aliphatic heterocycles. The van der Waals surface area contributed by atoms with Gasteiger partial charge in [0.2, 0.25) is 0 Å². The summed E-state index contributed by atoms with van der Waals surface area (Å²) in [6.07, 6.45) is 1.80. The normalized spacial score (nSPS) is 26.2. The van der Waals surface area contributed by atoms with Crippen LogP contribution < -0.4 is 16.8 Å². The van der Waals surface area contributed by atoms with Crippen LogP contribution >= 0.6 is 0 Å². The van der Waals surface area contributed by atoms with Gasteiger partial charge >= 0.3 is 0 Å². The van der Waals surface area contributed by atoms with E-state index in [1.54, 1.807) is 0 Å². The van der Waals surface area contributed by atoms with Crippen LogP contribution in [0.1, 0.15) is 40.5 Å². The Labute approximate surface area is 93.4 Å². The average molecular weight is 214 g/mol. The van der Waals surface area contributed by atoms with Gasteiger partial charge in [0, 0.05) is 17.1 Å². The van der Waals surface area contributed by atoms with Gasteiger partial charge in [-0.15, -0.1) is 0 Å². The molecule has 15 heavy (non-hydrogen) atoms. The van der Waals surface area contributed by atoms with Crippen LogP contribution in [-0.2, 0) is 0 Å². The summed E-state index contributed by atoms with van der Waals surface area (Å²) >= 11 is 0. The van der Waals surface area contributed by atoms with Crippen molar-refractivity contribution in [3.05, 3.63) is 0 Å². The van der Waals surface area contributed by atoms with E-state index in [1.165, 1.54) is 0 Å². The summed E-state index contributed by atoms with van der Waals surface area (Å²) in [5, 5.41) is 3.65. The molecule has 0 aromatic heterocycles. The minimum Gasteiger partial charge on any atom is -0.307 e. The van der Waals surface area contributed by atoms with Gasteiger partial charge in [0.15, 0.2) is 0 Å². The molecule has 90 valence electrons.